The number of benzene rings is 2. The number of nitrogens with one attached hydrogen (secondary N) is 3. The van der Waals surface area contributed by atoms with E-state index in [0.717, 1.165) is 96.4 Å². The van der Waals surface area contributed by atoms with Gasteiger partial charge in [-0.15, -0.1) is 0 Å². The number of carbonyl (C=O) groups excluding carboxylic acids is 5. The number of anilines is 2. The van der Waals surface area contributed by atoms with Gasteiger partial charge in [-0.2, -0.15) is 5.10 Å². The number of aromatic nitrogens is 3. The van der Waals surface area contributed by atoms with Crippen LogP contribution in [0.2, 0.25) is 0 Å². The molecule has 6 heterocycles. The molecule has 1 saturated carbocycles. The second-order valence-electron chi connectivity index (χ2n) is 17.6. The van der Waals surface area contributed by atoms with Gasteiger partial charge in [-0.05, 0) is 68.5 Å². The summed E-state index contributed by atoms with van der Waals surface area (Å²) in [7, 11) is 1.80. The second kappa shape index (κ2) is 13.5. The minimum atomic E-state index is -2.66. The van der Waals surface area contributed by atoms with Crippen LogP contribution >= 0.6 is 0 Å². The molecular weight excluding hydrogens is 761 g/mol. The van der Waals surface area contributed by atoms with Crippen LogP contribution in [0.4, 0.5) is 20.2 Å². The zero-order valence-electron chi connectivity index (χ0n) is 33.3. The van der Waals surface area contributed by atoms with Crippen molar-refractivity contribution in [1.82, 2.24) is 35.2 Å². The van der Waals surface area contributed by atoms with Gasteiger partial charge in [-0.1, -0.05) is 13.0 Å². The maximum absolute atomic E-state index is 14.5. The predicted molar refractivity (Wildman–Crippen MR) is 214 cm³/mol. The number of aromatic amines is 2. The van der Waals surface area contributed by atoms with E-state index in [1.54, 1.807) is 31.0 Å². The Bertz CT molecular complexity index is 2460. The van der Waals surface area contributed by atoms with Crippen LogP contribution in [0.25, 0.3) is 22.3 Å². The smallest absolute Gasteiger partial charge is 0.262 e. The van der Waals surface area contributed by atoms with E-state index in [1.165, 1.54) is 0 Å². The van der Waals surface area contributed by atoms with Gasteiger partial charge in [0.2, 0.25) is 17.7 Å². The SMILES string of the molecule is C[C@@H](C(=O)N(C)c1ccc2cc(-c3n[nH]c4c3C[C@@H]3C(F)(F)[C@]3(C)C4)[nH]c2c1)N1CCN(C[C@H]2CCN(c3ccc4c(c3)C(=O)N(C3CCC(=O)NC3=O)C4=O)C2)CC1. The van der Waals surface area contributed by atoms with Gasteiger partial charge in [0.05, 0.1) is 22.9 Å². The highest BCUT2D eigenvalue weighted by Gasteiger charge is 2.78. The molecule has 4 aromatic rings. The van der Waals surface area contributed by atoms with Crippen molar-refractivity contribution in [3.05, 3.63) is 64.8 Å². The summed E-state index contributed by atoms with van der Waals surface area (Å²) in [6.45, 7) is 9.39. The normalized spacial score (nSPS) is 27.2. The third kappa shape index (κ3) is 6.00. The Morgan fingerprint density at radius 1 is 0.983 bits per heavy atom. The number of carbonyl (C=O) groups is 5. The number of hydrogen-bond acceptors (Lipinski definition) is 9. The molecule has 16 heteroatoms. The number of H-pyrrole nitrogens is 2. The molecule has 10 rings (SSSR count). The topological polar surface area (TPSA) is 158 Å². The van der Waals surface area contributed by atoms with Crippen LogP contribution in [-0.2, 0) is 27.2 Å². The largest absolute Gasteiger partial charge is 0.371 e. The van der Waals surface area contributed by atoms with Crippen LogP contribution in [0.15, 0.2) is 42.5 Å². The summed E-state index contributed by atoms with van der Waals surface area (Å²) in [5.41, 5.74) is 5.14. The van der Waals surface area contributed by atoms with Crippen molar-refractivity contribution in [2.24, 2.45) is 17.3 Å². The van der Waals surface area contributed by atoms with Gasteiger partial charge in [0.15, 0.2) is 0 Å². The summed E-state index contributed by atoms with van der Waals surface area (Å²) in [6, 6.07) is 11.8. The standard InChI is InChI=1S/C43H47F2N9O5/c1-23(39(57)50(3)26-5-4-25-16-32(46-31(25)18-26)37-30-19-35-42(2,43(35,44)45)20-33(30)48-49-37)52-14-12-51(13-15-52)21-24-10-11-53(22-24)27-6-7-28-29(17-27)41(59)54(40(28)58)34-8-9-36(55)47-38(34)56/h4-7,16-18,23-24,34-35,46H,8-15,19-22H2,1-3H3,(H,48,49)(H,47,55,56)/t23-,24+,34?,35-,42+/m0/s1. The van der Waals surface area contributed by atoms with Crippen LogP contribution in [0, 0.1) is 17.3 Å². The third-order valence-corrected chi connectivity index (χ3v) is 14.3. The van der Waals surface area contributed by atoms with E-state index in [0.29, 0.717) is 24.5 Å². The number of piperazine rings is 1. The fraction of sp³-hybridized carbons (Fsp3) is 0.488. The summed E-state index contributed by atoms with van der Waals surface area (Å²) in [5, 5.41) is 10.7. The Morgan fingerprint density at radius 2 is 1.76 bits per heavy atom. The first-order valence-corrected chi connectivity index (χ1v) is 20.6. The minimum Gasteiger partial charge on any atom is -0.371 e. The van der Waals surface area contributed by atoms with Crippen LogP contribution < -0.4 is 15.1 Å². The van der Waals surface area contributed by atoms with Crippen molar-refractivity contribution in [3.63, 3.8) is 0 Å². The molecule has 2 aromatic heterocycles. The number of imide groups is 2. The molecule has 0 radical (unpaired) electrons. The van der Waals surface area contributed by atoms with Gasteiger partial charge in [0.1, 0.15) is 11.7 Å². The number of alkyl halides is 2. The Hall–Kier alpha value is -5.48. The number of likely N-dealkylation sites (N-methyl/N-ethyl adjacent to an activating group) is 1. The van der Waals surface area contributed by atoms with E-state index in [-0.39, 0.29) is 35.9 Å². The monoisotopic (exact) mass is 807 g/mol. The molecule has 1 unspecified atom stereocenters. The van der Waals surface area contributed by atoms with E-state index < -0.39 is 46.9 Å². The fourth-order valence-electron chi connectivity index (χ4n) is 10.4. The highest BCUT2D eigenvalue weighted by molar-refractivity contribution is 6.23. The van der Waals surface area contributed by atoms with Crippen molar-refractivity contribution < 1.29 is 32.8 Å². The predicted octanol–water partition coefficient (Wildman–Crippen LogP) is 3.82. The van der Waals surface area contributed by atoms with E-state index in [1.807, 2.05) is 37.3 Å². The number of nitrogens with zero attached hydrogens (tertiary/aromatic N) is 6. The highest BCUT2D eigenvalue weighted by Crippen LogP contribution is 2.70. The Labute approximate surface area is 339 Å². The van der Waals surface area contributed by atoms with Gasteiger partial charge in [0, 0.05) is 111 Å². The Balaban J connectivity index is 0.725. The van der Waals surface area contributed by atoms with E-state index in [4.69, 9.17) is 0 Å². The molecule has 308 valence electrons. The zero-order chi connectivity index (χ0) is 41.1. The average Bonchev–Trinajstić information content (AvgIpc) is 3.89. The first-order valence-electron chi connectivity index (χ1n) is 20.6. The first-order chi connectivity index (χ1) is 28.2. The first kappa shape index (κ1) is 37.8. The molecular formula is C43H47F2N9O5. The van der Waals surface area contributed by atoms with E-state index >= 15 is 0 Å². The van der Waals surface area contributed by atoms with Gasteiger partial charge in [-0.25, -0.2) is 8.78 Å². The van der Waals surface area contributed by atoms with Crippen molar-refractivity contribution in [3.8, 4) is 11.4 Å². The summed E-state index contributed by atoms with van der Waals surface area (Å²) in [6.07, 6.45) is 1.78. The molecule has 4 aliphatic heterocycles. The average molecular weight is 808 g/mol. The van der Waals surface area contributed by atoms with Crippen LogP contribution in [-0.4, -0.2) is 130 Å². The van der Waals surface area contributed by atoms with Crippen LogP contribution in [0.3, 0.4) is 0 Å². The van der Waals surface area contributed by atoms with E-state index in [9.17, 15) is 32.8 Å². The summed E-state index contributed by atoms with van der Waals surface area (Å²) in [5.74, 6) is -4.93. The molecule has 2 aliphatic carbocycles. The van der Waals surface area contributed by atoms with Crippen LogP contribution in [0.5, 0.6) is 0 Å². The zero-order valence-corrected chi connectivity index (χ0v) is 33.3. The molecule has 6 aliphatic rings. The fourth-order valence-corrected chi connectivity index (χ4v) is 10.4. The molecule has 14 nitrogen and oxygen atoms in total. The molecule has 0 spiro atoms. The Kier molecular flexibility index (Phi) is 8.66. The Morgan fingerprint density at radius 3 is 2.54 bits per heavy atom. The maximum atomic E-state index is 14.5. The van der Waals surface area contributed by atoms with Gasteiger partial charge >= 0.3 is 0 Å². The number of rotatable bonds is 8. The lowest BCUT2D eigenvalue weighted by Gasteiger charge is -2.39. The van der Waals surface area contributed by atoms with Crippen molar-refractivity contribution in [1.29, 1.82) is 0 Å². The van der Waals surface area contributed by atoms with Gasteiger partial charge in [-0.3, -0.25) is 44.2 Å². The lowest BCUT2D eigenvalue weighted by Crippen LogP contribution is -2.54. The molecule has 5 amide bonds. The number of halogens is 2. The molecule has 3 saturated heterocycles. The quantitative estimate of drug-likeness (QED) is 0.225. The summed E-state index contributed by atoms with van der Waals surface area (Å²) in [4.78, 5) is 77.5. The van der Waals surface area contributed by atoms with Crippen molar-refractivity contribution >= 4 is 51.8 Å². The molecule has 4 fully saturated rings. The van der Waals surface area contributed by atoms with Crippen LogP contribution in [0.1, 0.15) is 65.1 Å². The van der Waals surface area contributed by atoms with Gasteiger partial charge in [0.25, 0.3) is 17.7 Å². The van der Waals surface area contributed by atoms with Crippen molar-refractivity contribution in [2.75, 3.05) is 62.7 Å². The maximum Gasteiger partial charge on any atom is 0.262 e. The second-order valence-corrected chi connectivity index (χ2v) is 17.6. The molecule has 2 aromatic carbocycles. The van der Waals surface area contributed by atoms with Gasteiger partial charge < -0.3 is 19.7 Å². The molecule has 3 N–H and O–H groups in total. The lowest BCUT2D eigenvalue weighted by molar-refractivity contribution is -0.136. The van der Waals surface area contributed by atoms with E-state index in [2.05, 4.69) is 35.2 Å². The number of fused-ring (bicyclic) bond motifs is 4. The lowest BCUT2D eigenvalue weighted by atomic mass is 9.87. The number of amides is 5. The number of hydrogen-bond donors (Lipinski definition) is 3. The molecule has 5 atom stereocenters. The third-order valence-electron chi connectivity index (χ3n) is 14.3. The minimum absolute atomic E-state index is 0.000512. The number of piperidine rings is 1. The summed E-state index contributed by atoms with van der Waals surface area (Å²) < 4.78 is 29.1. The summed E-state index contributed by atoms with van der Waals surface area (Å²) >= 11 is 0. The van der Waals surface area contributed by atoms with Crippen molar-refractivity contribution in [2.45, 2.75) is 64.0 Å². The molecule has 0 bridgehead atoms. The molecule has 59 heavy (non-hydrogen) atoms. The highest BCUT2D eigenvalue weighted by atomic mass is 19.3.